The third-order valence-electron chi connectivity index (χ3n) is 5.60. The van der Waals surface area contributed by atoms with Crippen molar-refractivity contribution in [3.8, 4) is 22.8 Å². The van der Waals surface area contributed by atoms with E-state index in [4.69, 9.17) is 19.6 Å². The number of nitrogens with one attached hydrogen (secondary N) is 1. The molecule has 0 spiro atoms. The molecular weight excluding hydrogens is 426 g/mol. The Balaban J connectivity index is 1.83. The third-order valence-corrected chi connectivity index (χ3v) is 6.39. The van der Waals surface area contributed by atoms with E-state index in [0.29, 0.717) is 11.5 Å². The number of carbonyl (C=O) groups excluding carboxylic acids is 1. The molecule has 9 heteroatoms. The van der Waals surface area contributed by atoms with Crippen molar-refractivity contribution < 1.29 is 14.3 Å². The largest absolute Gasteiger partial charge is 0.493 e. The van der Waals surface area contributed by atoms with E-state index in [1.807, 2.05) is 29.6 Å². The van der Waals surface area contributed by atoms with Crippen LogP contribution in [0.1, 0.15) is 26.0 Å². The summed E-state index contributed by atoms with van der Waals surface area (Å²) < 4.78 is 12.9. The summed E-state index contributed by atoms with van der Waals surface area (Å²) in [6.07, 6.45) is 0.909. The first kappa shape index (κ1) is 22.3. The molecule has 1 saturated heterocycles. The van der Waals surface area contributed by atoms with Crippen molar-refractivity contribution in [1.82, 2.24) is 19.9 Å². The fraction of sp³-hybridized carbons (Fsp3) is 0.435. The Morgan fingerprint density at radius 2 is 2.03 bits per heavy atom. The van der Waals surface area contributed by atoms with Gasteiger partial charge in [-0.05, 0) is 43.4 Å². The highest BCUT2D eigenvalue weighted by Crippen LogP contribution is 2.36. The van der Waals surface area contributed by atoms with Gasteiger partial charge in [0.05, 0.1) is 31.3 Å². The molecule has 0 bridgehead atoms. The van der Waals surface area contributed by atoms with Crippen LogP contribution in [0, 0.1) is 6.92 Å². The molecule has 32 heavy (non-hydrogen) atoms. The average molecular weight is 456 g/mol. The van der Waals surface area contributed by atoms with Gasteiger partial charge >= 0.3 is 0 Å². The molecule has 4 rings (SSSR count). The molecule has 1 aromatic carbocycles. The van der Waals surface area contributed by atoms with Gasteiger partial charge in [0.25, 0.3) is 0 Å². The van der Waals surface area contributed by atoms with Gasteiger partial charge in [-0.25, -0.2) is 9.50 Å². The smallest absolute Gasteiger partial charge is 0.217 e. The molecule has 170 valence electrons. The molecule has 3 heterocycles. The van der Waals surface area contributed by atoms with Crippen LogP contribution < -0.4 is 19.7 Å². The van der Waals surface area contributed by atoms with Crippen molar-refractivity contribution in [2.24, 2.45) is 0 Å². The van der Waals surface area contributed by atoms with Crippen molar-refractivity contribution in [2.75, 3.05) is 38.0 Å². The molecule has 0 aliphatic carbocycles. The number of rotatable bonds is 7. The second kappa shape index (κ2) is 9.28. The second-order valence-corrected chi connectivity index (χ2v) is 9.07. The molecule has 1 aliphatic rings. The molecule has 8 nitrogen and oxygen atoms in total. The zero-order valence-corrected chi connectivity index (χ0v) is 20.0. The zero-order chi connectivity index (χ0) is 22.8. The Labute approximate surface area is 192 Å². The van der Waals surface area contributed by atoms with Crippen molar-refractivity contribution in [1.29, 1.82) is 0 Å². The van der Waals surface area contributed by atoms with Gasteiger partial charge in [0.15, 0.2) is 17.1 Å². The Bertz CT molecular complexity index is 1150. The maximum Gasteiger partial charge on any atom is 0.217 e. The monoisotopic (exact) mass is 455 g/mol. The van der Waals surface area contributed by atoms with Crippen LogP contribution in [0.15, 0.2) is 29.3 Å². The van der Waals surface area contributed by atoms with E-state index >= 15 is 0 Å². The lowest BCUT2D eigenvalue weighted by Gasteiger charge is -2.20. The molecule has 1 amide bonds. The van der Waals surface area contributed by atoms with Gasteiger partial charge in [0.2, 0.25) is 5.91 Å². The Morgan fingerprint density at radius 1 is 1.25 bits per heavy atom. The average Bonchev–Trinajstić information content (AvgIpc) is 3.36. The van der Waals surface area contributed by atoms with Crippen LogP contribution in [0.3, 0.4) is 0 Å². The van der Waals surface area contributed by atoms with Crippen LogP contribution in [-0.2, 0) is 4.79 Å². The van der Waals surface area contributed by atoms with Gasteiger partial charge in [-0.3, -0.25) is 4.79 Å². The number of amides is 1. The number of hydrogen-bond acceptors (Lipinski definition) is 7. The predicted octanol–water partition coefficient (Wildman–Crippen LogP) is 3.55. The topological polar surface area (TPSA) is 81.0 Å². The first-order valence-corrected chi connectivity index (χ1v) is 11.7. The summed E-state index contributed by atoms with van der Waals surface area (Å²) >= 11 is 1.70. The molecule has 2 aromatic heterocycles. The number of ether oxygens (including phenoxy) is 2. The minimum Gasteiger partial charge on any atom is -0.493 e. The number of aryl methyl sites for hydroxylation is 1. The molecule has 1 fully saturated rings. The fourth-order valence-corrected chi connectivity index (χ4v) is 4.87. The normalized spacial score (nSPS) is 15.9. The van der Waals surface area contributed by atoms with Gasteiger partial charge < -0.3 is 19.7 Å². The number of methoxy groups -OCH3 is 2. The molecule has 1 N–H and O–H groups in total. The molecule has 1 unspecified atom stereocenters. The van der Waals surface area contributed by atoms with Gasteiger partial charge in [-0.2, -0.15) is 5.10 Å². The number of thioether (sulfide) groups is 1. The summed E-state index contributed by atoms with van der Waals surface area (Å²) in [6, 6.07) is 8.12. The quantitative estimate of drug-likeness (QED) is 0.546. The summed E-state index contributed by atoms with van der Waals surface area (Å²) in [5, 5.41) is 8.89. The summed E-state index contributed by atoms with van der Waals surface area (Å²) in [5.41, 5.74) is 4.64. The first-order valence-electron chi connectivity index (χ1n) is 10.7. The van der Waals surface area contributed by atoms with Gasteiger partial charge in [-0.1, -0.05) is 6.92 Å². The van der Waals surface area contributed by atoms with Crippen LogP contribution in [-0.4, -0.2) is 59.6 Å². The number of nitrogens with zero attached hydrogens (tertiary/aromatic N) is 4. The highest BCUT2D eigenvalue weighted by Gasteiger charge is 2.27. The van der Waals surface area contributed by atoms with Gasteiger partial charge in [0, 0.05) is 31.6 Å². The number of benzene rings is 1. The van der Waals surface area contributed by atoms with E-state index in [-0.39, 0.29) is 11.9 Å². The number of aromatic nitrogens is 3. The maximum absolute atomic E-state index is 11.5. The van der Waals surface area contributed by atoms with Crippen LogP contribution in [0.5, 0.6) is 11.5 Å². The van der Waals surface area contributed by atoms with Gasteiger partial charge in [0.1, 0.15) is 5.03 Å². The molecule has 3 aromatic rings. The number of imidazole rings is 1. The van der Waals surface area contributed by atoms with Crippen molar-refractivity contribution in [3.05, 3.63) is 30.0 Å². The third kappa shape index (κ3) is 4.21. The Kier molecular flexibility index (Phi) is 6.45. The molecule has 1 atom stereocenters. The van der Waals surface area contributed by atoms with Crippen molar-refractivity contribution in [3.63, 3.8) is 0 Å². The van der Waals surface area contributed by atoms with E-state index in [0.717, 1.165) is 58.6 Å². The van der Waals surface area contributed by atoms with E-state index in [1.54, 1.807) is 32.9 Å². The van der Waals surface area contributed by atoms with Crippen molar-refractivity contribution >= 4 is 29.0 Å². The molecular formula is C23H29N5O3S. The lowest BCUT2D eigenvalue weighted by Crippen LogP contribution is -2.35. The lowest BCUT2D eigenvalue weighted by atomic mass is 10.1. The summed E-state index contributed by atoms with van der Waals surface area (Å²) in [5.74, 6) is 2.27. The summed E-state index contributed by atoms with van der Waals surface area (Å²) in [4.78, 5) is 18.7. The fourth-order valence-electron chi connectivity index (χ4n) is 4.24. The molecule has 0 saturated carbocycles. The van der Waals surface area contributed by atoms with Crippen LogP contribution in [0.2, 0.25) is 0 Å². The number of fused-ring (bicyclic) bond motifs is 1. The Hall–Kier alpha value is -2.94. The van der Waals surface area contributed by atoms with E-state index in [1.165, 1.54) is 0 Å². The SMILES string of the molecule is CCSc1cc(N2CCC(NC(C)=O)C2)c2nc(C)c(-c3ccc(OC)c(OC)c3)n2n1. The highest BCUT2D eigenvalue weighted by molar-refractivity contribution is 7.99. The minimum absolute atomic E-state index is 0.00588. The highest BCUT2D eigenvalue weighted by atomic mass is 32.2. The number of hydrogen-bond donors (Lipinski definition) is 1. The predicted molar refractivity (Wildman–Crippen MR) is 127 cm³/mol. The summed E-state index contributed by atoms with van der Waals surface area (Å²) in [6.45, 7) is 7.30. The van der Waals surface area contributed by atoms with Crippen LogP contribution >= 0.6 is 11.8 Å². The van der Waals surface area contributed by atoms with Crippen LogP contribution in [0.25, 0.3) is 16.9 Å². The lowest BCUT2D eigenvalue weighted by molar-refractivity contribution is -0.119. The molecule has 1 aliphatic heterocycles. The Morgan fingerprint density at radius 3 is 2.72 bits per heavy atom. The standard InChI is InChI=1S/C23H29N5O3S/c1-6-32-21-12-18(27-10-9-17(13-27)25-15(3)29)23-24-14(2)22(28(23)26-21)16-7-8-19(30-4)20(11-16)31-5/h7-8,11-12,17H,6,9-10,13H2,1-5H3,(H,25,29). The van der Waals surface area contributed by atoms with E-state index < -0.39 is 0 Å². The van der Waals surface area contributed by atoms with Crippen molar-refractivity contribution in [2.45, 2.75) is 38.3 Å². The summed E-state index contributed by atoms with van der Waals surface area (Å²) in [7, 11) is 3.26. The maximum atomic E-state index is 11.5. The van der Waals surface area contributed by atoms with Crippen LogP contribution in [0.4, 0.5) is 5.69 Å². The molecule has 0 radical (unpaired) electrons. The zero-order valence-electron chi connectivity index (χ0n) is 19.1. The minimum atomic E-state index is 0.00588. The number of carbonyl (C=O) groups is 1. The van der Waals surface area contributed by atoms with Gasteiger partial charge in [-0.15, -0.1) is 11.8 Å². The number of anilines is 1. The second-order valence-electron chi connectivity index (χ2n) is 7.78. The first-order chi connectivity index (χ1) is 15.4. The van der Waals surface area contributed by atoms with E-state index in [9.17, 15) is 4.79 Å². The van der Waals surface area contributed by atoms with E-state index in [2.05, 4.69) is 23.2 Å².